The number of aromatic nitrogens is 2. The maximum atomic E-state index is 11.6. The van der Waals surface area contributed by atoms with E-state index in [0.29, 0.717) is 5.75 Å². The molecular weight excluding hydrogens is 210 g/mol. The minimum Gasteiger partial charge on any atom is -0.252 e. The van der Waals surface area contributed by atoms with Crippen molar-refractivity contribution in [1.82, 2.24) is 9.97 Å². The average Bonchev–Trinajstić information content (AvgIpc) is 2.34. The summed E-state index contributed by atoms with van der Waals surface area (Å²) in [5.74, 6) is 1.36. The van der Waals surface area contributed by atoms with Gasteiger partial charge in [0.25, 0.3) is 0 Å². The first-order valence-electron chi connectivity index (χ1n) is 4.87. The molecule has 0 spiro atoms. The van der Waals surface area contributed by atoms with E-state index in [2.05, 4.69) is 9.97 Å². The van der Waals surface area contributed by atoms with E-state index < -0.39 is 9.73 Å². The summed E-state index contributed by atoms with van der Waals surface area (Å²) in [6.45, 7) is 6.13. The molecule has 2 heterocycles. The van der Waals surface area contributed by atoms with Crippen LogP contribution in [0.2, 0.25) is 0 Å². The largest absolute Gasteiger partial charge is 0.252 e. The molecule has 0 aromatic carbocycles. The van der Waals surface area contributed by atoms with Gasteiger partial charge in [-0.2, -0.15) is 0 Å². The summed E-state index contributed by atoms with van der Waals surface area (Å²) in [4.78, 5) is 8.68. The Bertz CT molecular complexity index is 500. The highest BCUT2D eigenvalue weighted by Crippen LogP contribution is 2.26. The molecule has 4 nitrogen and oxygen atoms in total. The summed E-state index contributed by atoms with van der Waals surface area (Å²) in [5, 5.41) is 0. The molecule has 0 saturated heterocycles. The molecule has 1 aliphatic rings. The van der Waals surface area contributed by atoms with Crippen LogP contribution >= 0.6 is 0 Å². The van der Waals surface area contributed by atoms with Crippen LogP contribution in [0.15, 0.2) is 6.20 Å². The molecule has 0 unspecified atom stereocenters. The van der Waals surface area contributed by atoms with Crippen LogP contribution in [0.4, 0.5) is 0 Å². The standard InChI is InChI=1S/C10H15N3OS/c1-10(2,3)9-12-4-7-5-15(11,14)6-8(7)13-9/h4,11H,5-6H2,1-3H3/t15-/m0/s1. The molecule has 0 radical (unpaired) electrons. The highest BCUT2D eigenvalue weighted by molar-refractivity contribution is 7.91. The molecule has 1 N–H and O–H groups in total. The number of hydrogen-bond acceptors (Lipinski definition) is 4. The smallest absolute Gasteiger partial charge is 0.133 e. The van der Waals surface area contributed by atoms with Crippen LogP contribution in [0.5, 0.6) is 0 Å². The zero-order chi connectivity index (χ0) is 11.3. The number of rotatable bonds is 0. The molecule has 5 heteroatoms. The van der Waals surface area contributed by atoms with Gasteiger partial charge in [0.05, 0.1) is 26.9 Å². The summed E-state index contributed by atoms with van der Waals surface area (Å²) >= 11 is 0. The average molecular weight is 225 g/mol. The molecule has 82 valence electrons. The van der Waals surface area contributed by atoms with Crippen LogP contribution in [-0.2, 0) is 26.6 Å². The van der Waals surface area contributed by atoms with Gasteiger partial charge < -0.3 is 0 Å². The molecule has 0 fully saturated rings. The van der Waals surface area contributed by atoms with Crippen LogP contribution in [0.3, 0.4) is 0 Å². The summed E-state index contributed by atoms with van der Waals surface area (Å²) in [6.07, 6.45) is 1.73. The number of hydrogen-bond donors (Lipinski definition) is 1. The van der Waals surface area contributed by atoms with Crippen molar-refractivity contribution >= 4 is 9.73 Å². The van der Waals surface area contributed by atoms with Crippen LogP contribution < -0.4 is 0 Å². The van der Waals surface area contributed by atoms with Gasteiger partial charge in [-0.05, 0) is 0 Å². The van der Waals surface area contributed by atoms with Gasteiger partial charge in [-0.25, -0.2) is 14.2 Å². The van der Waals surface area contributed by atoms with Crippen molar-refractivity contribution in [1.29, 1.82) is 4.78 Å². The molecule has 1 aromatic rings. The van der Waals surface area contributed by atoms with Crippen molar-refractivity contribution in [2.45, 2.75) is 37.7 Å². The second-order valence-corrected chi connectivity index (χ2v) is 7.22. The fraction of sp³-hybridized carbons (Fsp3) is 0.600. The lowest BCUT2D eigenvalue weighted by molar-refractivity contribution is 0.542. The van der Waals surface area contributed by atoms with Crippen LogP contribution in [0.1, 0.15) is 37.9 Å². The molecule has 1 aliphatic heterocycles. The van der Waals surface area contributed by atoms with E-state index in [1.807, 2.05) is 20.8 Å². The van der Waals surface area contributed by atoms with Crippen molar-refractivity contribution in [3.05, 3.63) is 23.3 Å². The van der Waals surface area contributed by atoms with Gasteiger partial charge in [0, 0.05) is 17.2 Å². The monoisotopic (exact) mass is 225 g/mol. The highest BCUT2D eigenvalue weighted by atomic mass is 32.2. The van der Waals surface area contributed by atoms with Gasteiger partial charge in [-0.1, -0.05) is 20.8 Å². The predicted molar refractivity (Wildman–Crippen MR) is 59.0 cm³/mol. The third-order valence-electron chi connectivity index (χ3n) is 2.38. The van der Waals surface area contributed by atoms with E-state index in [0.717, 1.165) is 17.1 Å². The Hall–Kier alpha value is -0.970. The third kappa shape index (κ3) is 2.02. The predicted octanol–water partition coefficient (Wildman–Crippen LogP) is 1.83. The Kier molecular flexibility index (Phi) is 2.12. The SMILES string of the molecule is CC(C)(C)c1ncc2c(n1)C[S@@](=N)(=O)C2. The summed E-state index contributed by atoms with van der Waals surface area (Å²) in [6, 6.07) is 0. The summed E-state index contributed by atoms with van der Waals surface area (Å²) in [5.41, 5.74) is 1.58. The van der Waals surface area contributed by atoms with Gasteiger partial charge in [-0.3, -0.25) is 4.78 Å². The van der Waals surface area contributed by atoms with Gasteiger partial charge in [0.2, 0.25) is 0 Å². The van der Waals surface area contributed by atoms with Crippen LogP contribution in [0, 0.1) is 4.78 Å². The fourth-order valence-electron chi connectivity index (χ4n) is 1.57. The Morgan fingerprint density at radius 2 is 2.07 bits per heavy atom. The molecule has 15 heavy (non-hydrogen) atoms. The van der Waals surface area contributed by atoms with E-state index in [1.54, 1.807) is 6.20 Å². The maximum absolute atomic E-state index is 11.6. The first-order valence-corrected chi connectivity index (χ1v) is 6.77. The highest BCUT2D eigenvalue weighted by Gasteiger charge is 2.26. The lowest BCUT2D eigenvalue weighted by atomic mass is 9.95. The Morgan fingerprint density at radius 1 is 1.40 bits per heavy atom. The summed E-state index contributed by atoms with van der Waals surface area (Å²) < 4.78 is 19.2. The molecular formula is C10H15N3OS. The Balaban J connectivity index is 2.48. The van der Waals surface area contributed by atoms with Gasteiger partial charge >= 0.3 is 0 Å². The maximum Gasteiger partial charge on any atom is 0.133 e. The molecule has 1 atom stereocenters. The van der Waals surface area contributed by atoms with Crippen molar-refractivity contribution < 1.29 is 4.21 Å². The number of fused-ring (bicyclic) bond motifs is 1. The number of nitrogens with zero attached hydrogens (tertiary/aromatic N) is 2. The van der Waals surface area contributed by atoms with Crippen LogP contribution in [-0.4, -0.2) is 14.2 Å². The van der Waals surface area contributed by atoms with E-state index in [-0.39, 0.29) is 11.2 Å². The quantitative estimate of drug-likeness (QED) is 0.732. The minimum atomic E-state index is -2.47. The van der Waals surface area contributed by atoms with E-state index in [1.165, 1.54) is 0 Å². The molecule has 0 aliphatic carbocycles. The molecule has 0 saturated carbocycles. The van der Waals surface area contributed by atoms with Crippen molar-refractivity contribution in [2.24, 2.45) is 0 Å². The fourth-order valence-corrected chi connectivity index (χ4v) is 3.11. The van der Waals surface area contributed by atoms with Crippen LogP contribution in [0.25, 0.3) is 0 Å². The Morgan fingerprint density at radius 3 is 2.67 bits per heavy atom. The van der Waals surface area contributed by atoms with Gasteiger partial charge in [0.15, 0.2) is 0 Å². The Labute approximate surface area is 90.1 Å². The zero-order valence-electron chi connectivity index (χ0n) is 9.20. The lowest BCUT2D eigenvalue weighted by Crippen LogP contribution is -2.16. The second-order valence-electron chi connectivity index (χ2n) is 5.02. The first-order chi connectivity index (χ1) is 6.78. The molecule has 0 amide bonds. The third-order valence-corrected chi connectivity index (χ3v) is 3.90. The zero-order valence-corrected chi connectivity index (χ0v) is 10.0. The normalized spacial score (nSPS) is 25.3. The molecule has 2 rings (SSSR count). The van der Waals surface area contributed by atoms with E-state index >= 15 is 0 Å². The number of nitrogens with one attached hydrogen (secondary N) is 1. The molecule has 1 aromatic heterocycles. The van der Waals surface area contributed by atoms with Gasteiger partial charge in [0.1, 0.15) is 5.82 Å². The second kappa shape index (κ2) is 3.01. The lowest BCUT2D eigenvalue weighted by Gasteiger charge is -2.16. The first kappa shape index (κ1) is 10.5. The van der Waals surface area contributed by atoms with Gasteiger partial charge in [-0.15, -0.1) is 0 Å². The van der Waals surface area contributed by atoms with E-state index in [4.69, 9.17) is 4.78 Å². The van der Waals surface area contributed by atoms with Crippen molar-refractivity contribution in [2.75, 3.05) is 0 Å². The minimum absolute atomic E-state index is 0.0967. The van der Waals surface area contributed by atoms with Crippen molar-refractivity contribution in [3.63, 3.8) is 0 Å². The molecule has 0 bridgehead atoms. The van der Waals surface area contributed by atoms with E-state index in [9.17, 15) is 4.21 Å². The van der Waals surface area contributed by atoms with Crippen molar-refractivity contribution in [3.8, 4) is 0 Å². The summed E-state index contributed by atoms with van der Waals surface area (Å²) in [7, 11) is -2.47. The topological polar surface area (TPSA) is 66.7 Å².